The molecule has 0 bridgehead atoms. The predicted octanol–water partition coefficient (Wildman–Crippen LogP) is 3.39. The minimum atomic E-state index is -0.271. The molecule has 2 heterocycles. The monoisotopic (exact) mass is 263 g/mol. The summed E-state index contributed by atoms with van der Waals surface area (Å²) in [7, 11) is 1.42. The van der Waals surface area contributed by atoms with Gasteiger partial charge in [0, 0.05) is 23.2 Å². The number of ether oxygens (including phenoxy) is 1. The van der Waals surface area contributed by atoms with E-state index in [-0.39, 0.29) is 17.8 Å². The Morgan fingerprint density at radius 2 is 2.17 bits per heavy atom. The Labute approximate surface area is 111 Å². The molecule has 0 spiro atoms. The number of thiophene rings is 1. The smallest absolute Gasteiger partial charge is 0.336 e. The fourth-order valence-electron chi connectivity index (χ4n) is 2.43. The number of hydrogen-bond donors (Lipinski definition) is 0. The minimum Gasteiger partial charge on any atom is -0.466 e. The summed E-state index contributed by atoms with van der Waals surface area (Å²) >= 11 is 1.64. The van der Waals surface area contributed by atoms with E-state index in [0.29, 0.717) is 5.57 Å². The number of carbonyl (C=O) groups is 1. The van der Waals surface area contributed by atoms with Crippen LogP contribution in [0.15, 0.2) is 33.1 Å². The van der Waals surface area contributed by atoms with Gasteiger partial charge in [-0.25, -0.2) is 4.79 Å². The molecule has 0 aromatic carbocycles. The Hall–Kier alpha value is -1.42. The third-order valence-corrected chi connectivity index (χ3v) is 4.21. The van der Waals surface area contributed by atoms with Gasteiger partial charge < -0.3 is 4.74 Å². The molecular formula is C14H17NO2S. The van der Waals surface area contributed by atoms with E-state index in [4.69, 9.17) is 4.74 Å². The van der Waals surface area contributed by atoms with Gasteiger partial charge in [-0.1, -0.05) is 6.92 Å². The predicted molar refractivity (Wildman–Crippen MR) is 74.0 cm³/mol. The van der Waals surface area contributed by atoms with Gasteiger partial charge in [-0.15, -0.1) is 0 Å². The molecule has 0 radical (unpaired) electrons. The van der Waals surface area contributed by atoms with Gasteiger partial charge in [0.15, 0.2) is 0 Å². The highest BCUT2D eigenvalue weighted by molar-refractivity contribution is 7.08. The Morgan fingerprint density at radius 1 is 1.44 bits per heavy atom. The fourth-order valence-corrected chi connectivity index (χ4v) is 3.13. The van der Waals surface area contributed by atoms with Crippen LogP contribution in [-0.2, 0) is 9.53 Å². The first-order valence-corrected chi connectivity index (χ1v) is 6.87. The van der Waals surface area contributed by atoms with E-state index < -0.39 is 0 Å². The number of nitrogens with zero attached hydrogens (tertiary/aromatic N) is 1. The molecule has 0 amide bonds. The van der Waals surface area contributed by atoms with Crippen LogP contribution < -0.4 is 0 Å². The summed E-state index contributed by atoms with van der Waals surface area (Å²) in [5.41, 5.74) is 3.69. The molecule has 1 aliphatic heterocycles. The number of aliphatic imine (C=N–C) groups is 1. The van der Waals surface area contributed by atoms with E-state index in [0.717, 1.165) is 11.4 Å². The Morgan fingerprint density at radius 3 is 2.72 bits per heavy atom. The lowest BCUT2D eigenvalue weighted by Crippen LogP contribution is -2.27. The molecule has 1 aliphatic rings. The molecule has 18 heavy (non-hydrogen) atoms. The van der Waals surface area contributed by atoms with Crippen LogP contribution in [0.5, 0.6) is 0 Å². The summed E-state index contributed by atoms with van der Waals surface area (Å²) in [5, 5.41) is 4.13. The molecule has 3 nitrogen and oxygen atoms in total. The second-order valence-corrected chi connectivity index (χ2v) is 5.35. The van der Waals surface area contributed by atoms with Gasteiger partial charge >= 0.3 is 5.97 Å². The molecule has 0 saturated heterocycles. The summed E-state index contributed by atoms with van der Waals surface area (Å²) in [6.07, 6.45) is 0. The van der Waals surface area contributed by atoms with Crippen molar-refractivity contribution in [1.82, 2.24) is 0 Å². The first-order chi connectivity index (χ1) is 8.56. The van der Waals surface area contributed by atoms with Crippen molar-refractivity contribution in [1.29, 1.82) is 0 Å². The molecule has 0 saturated carbocycles. The van der Waals surface area contributed by atoms with Crippen LogP contribution in [0, 0.1) is 5.92 Å². The molecule has 1 aromatic heterocycles. The van der Waals surface area contributed by atoms with Gasteiger partial charge in [0.25, 0.3) is 0 Å². The van der Waals surface area contributed by atoms with Crippen molar-refractivity contribution in [2.24, 2.45) is 10.9 Å². The lowest BCUT2D eigenvalue weighted by molar-refractivity contribution is -0.136. The van der Waals surface area contributed by atoms with Crippen molar-refractivity contribution in [2.45, 2.75) is 26.7 Å². The normalized spacial score (nSPS) is 23.9. The number of rotatable bonds is 2. The van der Waals surface area contributed by atoms with Crippen LogP contribution in [0.2, 0.25) is 0 Å². The number of hydrogen-bond acceptors (Lipinski definition) is 4. The maximum absolute atomic E-state index is 12.0. The number of carbonyl (C=O) groups excluding carboxylic acids is 1. The zero-order valence-corrected chi connectivity index (χ0v) is 11.9. The first kappa shape index (κ1) is 13.0. The third-order valence-electron chi connectivity index (χ3n) is 3.51. The number of methoxy groups -OCH3 is 1. The highest BCUT2D eigenvalue weighted by Crippen LogP contribution is 2.39. The molecule has 96 valence electrons. The minimum absolute atomic E-state index is 0.0567. The average Bonchev–Trinajstić information content (AvgIpc) is 2.86. The van der Waals surface area contributed by atoms with E-state index in [1.54, 1.807) is 11.3 Å². The summed E-state index contributed by atoms with van der Waals surface area (Å²) in [6.45, 7) is 6.00. The second-order valence-electron chi connectivity index (χ2n) is 4.57. The SMILES string of the molecule is COC(=O)C1=C(C)N=C(C)C(C)C1c1ccsc1. The van der Waals surface area contributed by atoms with E-state index in [2.05, 4.69) is 23.4 Å². The molecule has 2 atom stereocenters. The lowest BCUT2D eigenvalue weighted by atomic mass is 9.77. The van der Waals surface area contributed by atoms with Crippen LogP contribution in [-0.4, -0.2) is 18.8 Å². The molecular weight excluding hydrogens is 246 g/mol. The van der Waals surface area contributed by atoms with Gasteiger partial charge in [-0.3, -0.25) is 4.99 Å². The van der Waals surface area contributed by atoms with Gasteiger partial charge in [-0.2, -0.15) is 11.3 Å². The van der Waals surface area contributed by atoms with Crippen LogP contribution >= 0.6 is 11.3 Å². The maximum atomic E-state index is 12.0. The van der Waals surface area contributed by atoms with Crippen molar-refractivity contribution in [3.63, 3.8) is 0 Å². The fraction of sp³-hybridized carbons (Fsp3) is 0.429. The molecule has 0 aliphatic carbocycles. The van der Waals surface area contributed by atoms with E-state index in [1.165, 1.54) is 12.7 Å². The topological polar surface area (TPSA) is 38.7 Å². The zero-order valence-electron chi connectivity index (χ0n) is 11.1. The van der Waals surface area contributed by atoms with Crippen molar-refractivity contribution in [2.75, 3.05) is 7.11 Å². The Bertz CT molecular complexity index is 514. The highest BCUT2D eigenvalue weighted by Gasteiger charge is 2.34. The van der Waals surface area contributed by atoms with E-state index in [9.17, 15) is 4.79 Å². The van der Waals surface area contributed by atoms with Gasteiger partial charge in [-0.05, 0) is 36.2 Å². The Kier molecular flexibility index (Phi) is 3.66. The van der Waals surface area contributed by atoms with Gasteiger partial charge in [0.05, 0.1) is 12.7 Å². The quantitative estimate of drug-likeness (QED) is 0.767. The van der Waals surface area contributed by atoms with Crippen LogP contribution in [0.4, 0.5) is 0 Å². The van der Waals surface area contributed by atoms with Crippen molar-refractivity contribution >= 4 is 23.0 Å². The molecule has 2 unspecified atom stereocenters. The van der Waals surface area contributed by atoms with Crippen molar-refractivity contribution in [3.05, 3.63) is 33.7 Å². The standard InChI is InChI=1S/C14H17NO2S/c1-8-9(2)15-10(3)13(14(16)17-4)12(8)11-5-6-18-7-11/h5-8,12H,1-4H3. The Balaban J connectivity index is 2.54. The maximum Gasteiger partial charge on any atom is 0.336 e. The first-order valence-electron chi connectivity index (χ1n) is 5.92. The second kappa shape index (κ2) is 5.06. The molecule has 4 heteroatoms. The molecule has 0 N–H and O–H groups in total. The van der Waals surface area contributed by atoms with E-state index >= 15 is 0 Å². The summed E-state index contributed by atoms with van der Waals surface area (Å²) in [6, 6.07) is 2.07. The molecule has 0 fully saturated rings. The van der Waals surface area contributed by atoms with Crippen LogP contribution in [0.25, 0.3) is 0 Å². The average molecular weight is 263 g/mol. The zero-order chi connectivity index (χ0) is 13.3. The largest absolute Gasteiger partial charge is 0.466 e. The lowest BCUT2D eigenvalue weighted by Gasteiger charge is -2.29. The van der Waals surface area contributed by atoms with Gasteiger partial charge in [0.1, 0.15) is 0 Å². The van der Waals surface area contributed by atoms with Gasteiger partial charge in [0.2, 0.25) is 0 Å². The molecule has 2 rings (SSSR count). The van der Waals surface area contributed by atoms with Crippen LogP contribution in [0.3, 0.4) is 0 Å². The van der Waals surface area contributed by atoms with Crippen molar-refractivity contribution < 1.29 is 9.53 Å². The molecule has 1 aromatic rings. The third kappa shape index (κ3) is 2.12. The summed E-state index contributed by atoms with van der Waals surface area (Å²) < 4.78 is 4.91. The van der Waals surface area contributed by atoms with Crippen LogP contribution in [0.1, 0.15) is 32.3 Å². The number of esters is 1. The summed E-state index contributed by atoms with van der Waals surface area (Å²) in [4.78, 5) is 16.5. The summed E-state index contributed by atoms with van der Waals surface area (Å²) in [5.74, 6) is 0.00500. The van der Waals surface area contributed by atoms with Crippen molar-refractivity contribution in [3.8, 4) is 0 Å². The highest BCUT2D eigenvalue weighted by atomic mass is 32.1. The number of allylic oxidation sites excluding steroid dienone is 1. The van der Waals surface area contributed by atoms with E-state index in [1.807, 2.05) is 19.2 Å².